The third kappa shape index (κ3) is 3.73. The molecule has 0 bridgehead atoms. The van der Waals surface area contributed by atoms with Crippen LogP contribution in [0.2, 0.25) is 0 Å². The number of carbonyl (C=O) groups is 1. The first kappa shape index (κ1) is 19.2. The van der Waals surface area contributed by atoms with Crippen LogP contribution >= 0.6 is 0 Å². The molecule has 1 aliphatic carbocycles. The van der Waals surface area contributed by atoms with E-state index in [0.29, 0.717) is 13.2 Å². The van der Waals surface area contributed by atoms with Crippen LogP contribution in [0.25, 0.3) is 28.1 Å². The van der Waals surface area contributed by atoms with Gasteiger partial charge in [-0.3, -0.25) is 0 Å². The predicted octanol–water partition coefficient (Wildman–Crippen LogP) is 6.03. The van der Waals surface area contributed by atoms with Crippen molar-refractivity contribution in [2.75, 3.05) is 13.2 Å². The quantitative estimate of drug-likeness (QED) is 0.424. The maximum absolute atomic E-state index is 12.3. The highest BCUT2D eigenvalue weighted by atomic mass is 16.5. The van der Waals surface area contributed by atoms with Gasteiger partial charge in [0.2, 0.25) is 0 Å². The second kappa shape index (κ2) is 8.15. The minimum atomic E-state index is -0.402. The van der Waals surface area contributed by atoms with Crippen LogP contribution in [0.4, 0.5) is 4.79 Å². The lowest BCUT2D eigenvalue weighted by Crippen LogP contribution is -2.26. The van der Waals surface area contributed by atoms with E-state index in [-0.39, 0.29) is 5.92 Å². The number of aromatic amines is 1. The predicted molar refractivity (Wildman–Crippen MR) is 125 cm³/mol. The molecule has 154 valence electrons. The lowest BCUT2D eigenvalue weighted by Gasteiger charge is -2.14. The Morgan fingerprint density at radius 2 is 1.74 bits per heavy atom. The van der Waals surface area contributed by atoms with E-state index in [2.05, 4.69) is 59.7 Å². The first-order valence-electron chi connectivity index (χ1n) is 10.5. The van der Waals surface area contributed by atoms with Crippen LogP contribution in [0.1, 0.15) is 28.2 Å². The Labute approximate surface area is 181 Å². The van der Waals surface area contributed by atoms with E-state index < -0.39 is 6.09 Å². The Bertz CT molecular complexity index is 1240. The monoisotopic (exact) mass is 408 g/mol. The standard InChI is InChI=1S/C27H24N2O2/c1-18-12-13-26-24(15-18)19(16-29-26)7-6-14-28-27(30)31-17-25-22-10-4-2-8-20(22)21-9-3-5-11-23(21)25/h2-13,15-16,25,29H,14,17H2,1H3,(H,28,30). The van der Waals surface area contributed by atoms with Crippen LogP contribution < -0.4 is 5.32 Å². The first-order chi connectivity index (χ1) is 15.2. The number of amides is 1. The molecule has 0 atom stereocenters. The van der Waals surface area contributed by atoms with Gasteiger partial charge in [-0.1, -0.05) is 72.3 Å². The summed E-state index contributed by atoms with van der Waals surface area (Å²) in [5.74, 6) is 0.0724. The molecule has 4 nitrogen and oxygen atoms in total. The molecule has 0 unspecified atom stereocenters. The summed E-state index contributed by atoms with van der Waals surface area (Å²) >= 11 is 0. The molecule has 1 aliphatic rings. The van der Waals surface area contributed by atoms with Crippen molar-refractivity contribution in [3.8, 4) is 11.1 Å². The summed E-state index contributed by atoms with van der Waals surface area (Å²) < 4.78 is 5.57. The number of alkyl carbamates (subject to hydrolysis) is 1. The van der Waals surface area contributed by atoms with Gasteiger partial charge in [0.25, 0.3) is 0 Å². The molecule has 2 N–H and O–H groups in total. The number of benzene rings is 3. The van der Waals surface area contributed by atoms with E-state index in [4.69, 9.17) is 4.74 Å². The van der Waals surface area contributed by atoms with Crippen molar-refractivity contribution < 1.29 is 9.53 Å². The Morgan fingerprint density at radius 1 is 1.03 bits per heavy atom. The molecular formula is C27H24N2O2. The molecule has 0 aliphatic heterocycles. The van der Waals surface area contributed by atoms with Crippen LogP contribution in [-0.2, 0) is 4.74 Å². The fraction of sp³-hybridized carbons (Fsp3) is 0.148. The summed E-state index contributed by atoms with van der Waals surface area (Å²) in [5, 5.41) is 4.00. The van der Waals surface area contributed by atoms with Gasteiger partial charge in [-0.15, -0.1) is 0 Å². The van der Waals surface area contributed by atoms with Gasteiger partial charge in [0.15, 0.2) is 0 Å². The summed E-state index contributed by atoms with van der Waals surface area (Å²) in [6.45, 7) is 2.82. The highest BCUT2D eigenvalue weighted by molar-refractivity contribution is 5.89. The van der Waals surface area contributed by atoms with Crippen molar-refractivity contribution in [3.05, 3.63) is 101 Å². The summed E-state index contributed by atoms with van der Waals surface area (Å²) in [4.78, 5) is 15.5. The second-order valence-corrected chi connectivity index (χ2v) is 7.90. The number of hydrogen-bond acceptors (Lipinski definition) is 2. The number of hydrogen-bond donors (Lipinski definition) is 2. The van der Waals surface area contributed by atoms with E-state index in [1.54, 1.807) is 0 Å². The first-order valence-corrected chi connectivity index (χ1v) is 10.5. The molecule has 3 aromatic carbocycles. The van der Waals surface area contributed by atoms with Crippen molar-refractivity contribution in [2.45, 2.75) is 12.8 Å². The molecule has 31 heavy (non-hydrogen) atoms. The van der Waals surface area contributed by atoms with E-state index >= 15 is 0 Å². The van der Waals surface area contributed by atoms with Crippen molar-refractivity contribution in [3.63, 3.8) is 0 Å². The van der Waals surface area contributed by atoms with Crippen molar-refractivity contribution in [2.24, 2.45) is 0 Å². The smallest absolute Gasteiger partial charge is 0.407 e. The van der Waals surface area contributed by atoms with Gasteiger partial charge < -0.3 is 15.0 Å². The average molecular weight is 409 g/mol. The molecule has 1 amide bonds. The van der Waals surface area contributed by atoms with E-state index in [0.717, 1.165) is 11.1 Å². The molecule has 0 radical (unpaired) electrons. The molecular weight excluding hydrogens is 384 g/mol. The normalized spacial score (nSPS) is 12.8. The summed E-state index contributed by atoms with van der Waals surface area (Å²) in [6.07, 6.45) is 5.53. The fourth-order valence-corrected chi connectivity index (χ4v) is 4.37. The van der Waals surface area contributed by atoms with E-state index in [1.165, 1.54) is 33.2 Å². The highest BCUT2D eigenvalue weighted by Gasteiger charge is 2.28. The van der Waals surface area contributed by atoms with E-state index in [1.807, 2.05) is 42.6 Å². The number of rotatable bonds is 5. The molecule has 0 spiro atoms. The van der Waals surface area contributed by atoms with Crippen molar-refractivity contribution >= 4 is 23.1 Å². The minimum Gasteiger partial charge on any atom is -0.449 e. The third-order valence-electron chi connectivity index (χ3n) is 5.87. The Kier molecular flexibility index (Phi) is 5.04. The van der Waals surface area contributed by atoms with Gasteiger partial charge in [0.1, 0.15) is 6.61 Å². The number of ether oxygens (including phenoxy) is 1. The van der Waals surface area contributed by atoms with Crippen LogP contribution in [0, 0.1) is 6.92 Å². The Morgan fingerprint density at radius 3 is 2.48 bits per heavy atom. The number of fused-ring (bicyclic) bond motifs is 4. The fourth-order valence-electron chi connectivity index (χ4n) is 4.37. The van der Waals surface area contributed by atoms with Gasteiger partial charge >= 0.3 is 6.09 Å². The maximum atomic E-state index is 12.3. The molecule has 4 heteroatoms. The summed E-state index contributed by atoms with van der Waals surface area (Å²) in [6, 6.07) is 23.0. The third-order valence-corrected chi connectivity index (χ3v) is 5.87. The number of nitrogens with one attached hydrogen (secondary N) is 2. The van der Waals surface area contributed by atoms with Gasteiger partial charge in [-0.2, -0.15) is 0 Å². The number of H-pyrrole nitrogens is 1. The molecule has 5 rings (SSSR count). The van der Waals surface area contributed by atoms with Gasteiger partial charge in [0.05, 0.1) is 0 Å². The van der Waals surface area contributed by atoms with Gasteiger partial charge in [0, 0.05) is 29.6 Å². The van der Waals surface area contributed by atoms with Gasteiger partial charge in [-0.25, -0.2) is 4.79 Å². The maximum Gasteiger partial charge on any atom is 0.407 e. The molecule has 1 aromatic heterocycles. The van der Waals surface area contributed by atoms with Crippen LogP contribution in [0.15, 0.2) is 79.0 Å². The molecule has 0 saturated carbocycles. The largest absolute Gasteiger partial charge is 0.449 e. The van der Waals surface area contributed by atoms with Crippen molar-refractivity contribution in [1.82, 2.24) is 10.3 Å². The van der Waals surface area contributed by atoms with Gasteiger partial charge in [-0.05, 0) is 46.9 Å². The molecule has 0 saturated heterocycles. The van der Waals surface area contributed by atoms with E-state index in [9.17, 15) is 4.79 Å². The number of aromatic nitrogens is 1. The zero-order chi connectivity index (χ0) is 21.2. The topological polar surface area (TPSA) is 54.1 Å². The number of aryl methyl sites for hydroxylation is 1. The Hall–Kier alpha value is -3.79. The minimum absolute atomic E-state index is 0.0724. The average Bonchev–Trinajstić information content (AvgIpc) is 3.34. The molecule has 1 heterocycles. The zero-order valence-corrected chi connectivity index (χ0v) is 17.4. The van der Waals surface area contributed by atoms with Crippen LogP contribution in [-0.4, -0.2) is 24.2 Å². The lowest BCUT2D eigenvalue weighted by molar-refractivity contribution is 0.144. The van der Waals surface area contributed by atoms with Crippen LogP contribution in [0.5, 0.6) is 0 Å². The SMILES string of the molecule is Cc1ccc2[nH]cc(C=CCNC(=O)OCC3c4ccccc4-c4ccccc43)c2c1. The molecule has 4 aromatic rings. The zero-order valence-electron chi connectivity index (χ0n) is 17.4. The second-order valence-electron chi connectivity index (χ2n) is 7.90. The summed E-state index contributed by atoms with van der Waals surface area (Å²) in [7, 11) is 0. The lowest BCUT2D eigenvalue weighted by atomic mass is 9.98. The summed E-state index contributed by atoms with van der Waals surface area (Å²) in [5.41, 5.74) is 8.31. The van der Waals surface area contributed by atoms with Crippen LogP contribution in [0.3, 0.4) is 0 Å². The Balaban J connectivity index is 1.19. The highest BCUT2D eigenvalue weighted by Crippen LogP contribution is 2.44. The molecule has 0 fully saturated rings. The van der Waals surface area contributed by atoms with Crippen molar-refractivity contribution in [1.29, 1.82) is 0 Å². The number of carbonyl (C=O) groups excluding carboxylic acids is 1.